The molecule has 0 aliphatic carbocycles. The van der Waals surface area contributed by atoms with Crippen molar-refractivity contribution in [1.29, 1.82) is 0 Å². The van der Waals surface area contributed by atoms with E-state index >= 15 is 0 Å². The van der Waals surface area contributed by atoms with Crippen LogP contribution in [0.5, 0.6) is 0 Å². The third kappa shape index (κ3) is 5.32. The third-order valence-electron chi connectivity index (χ3n) is 3.77. The summed E-state index contributed by atoms with van der Waals surface area (Å²) in [7, 11) is 0. The van der Waals surface area contributed by atoms with E-state index in [1.54, 1.807) is 37.3 Å². The fraction of sp³-hybridized carbons (Fsp3) is 0.263. The van der Waals surface area contributed by atoms with Gasteiger partial charge in [-0.1, -0.05) is 18.2 Å². The molecule has 1 unspecified atom stereocenters. The molecule has 6 heteroatoms. The van der Waals surface area contributed by atoms with Crippen LogP contribution >= 0.6 is 11.8 Å². The average molecular weight is 361 g/mol. The summed E-state index contributed by atoms with van der Waals surface area (Å²) in [5.74, 6) is -1.45. The Morgan fingerprint density at radius 1 is 1.24 bits per heavy atom. The van der Waals surface area contributed by atoms with Crippen molar-refractivity contribution < 1.29 is 19.1 Å². The number of thioether (sulfide) groups is 1. The largest absolute Gasteiger partial charge is 0.480 e. The van der Waals surface area contributed by atoms with E-state index in [2.05, 4.69) is 5.32 Å². The summed E-state index contributed by atoms with van der Waals surface area (Å²) < 4.78 is 13.1. The fourth-order valence-corrected chi connectivity index (χ4v) is 3.27. The smallest absolute Gasteiger partial charge is 0.316 e. The normalized spacial score (nSPS) is 11.8. The molecule has 0 aliphatic heterocycles. The quantitative estimate of drug-likeness (QED) is 0.739. The van der Waals surface area contributed by atoms with Crippen LogP contribution in [0.4, 0.5) is 4.39 Å². The van der Waals surface area contributed by atoms with Crippen LogP contribution in [-0.2, 0) is 11.2 Å². The van der Waals surface area contributed by atoms with Crippen LogP contribution in [0.25, 0.3) is 0 Å². The molecule has 132 valence electrons. The maximum absolute atomic E-state index is 13.1. The molecule has 0 radical (unpaired) electrons. The molecule has 1 atom stereocenters. The molecule has 0 saturated carbocycles. The summed E-state index contributed by atoms with van der Waals surface area (Å²) in [6.45, 7) is 3.83. The molecule has 2 rings (SSSR count). The second-order valence-corrected chi connectivity index (χ2v) is 7.05. The Labute approximate surface area is 150 Å². The zero-order valence-corrected chi connectivity index (χ0v) is 14.9. The molecule has 0 aromatic heterocycles. The molecule has 0 saturated heterocycles. The fourth-order valence-electron chi connectivity index (χ4n) is 2.34. The number of carbonyl (C=O) groups excluding carboxylic acids is 1. The van der Waals surface area contributed by atoms with Gasteiger partial charge in [0, 0.05) is 11.4 Å². The minimum atomic E-state index is -0.924. The van der Waals surface area contributed by atoms with Crippen molar-refractivity contribution in [3.05, 3.63) is 65.0 Å². The monoisotopic (exact) mass is 361 g/mol. The Kier molecular flexibility index (Phi) is 6.58. The standard InChI is InChI=1S/C19H20FNO3S/c1-12-11-15(20)8-7-14(12)9-10-21-18(22)16-5-3-4-6-17(16)25-13(2)19(23)24/h3-8,11,13H,9-10H2,1-2H3,(H,21,22)(H,23,24). The lowest BCUT2D eigenvalue weighted by atomic mass is 10.1. The highest BCUT2D eigenvalue weighted by Gasteiger charge is 2.17. The molecule has 0 aliphatic rings. The summed E-state index contributed by atoms with van der Waals surface area (Å²) in [5.41, 5.74) is 2.28. The van der Waals surface area contributed by atoms with Crippen molar-refractivity contribution in [2.75, 3.05) is 6.54 Å². The topological polar surface area (TPSA) is 66.4 Å². The Bertz CT molecular complexity index is 779. The van der Waals surface area contributed by atoms with Crippen molar-refractivity contribution in [2.45, 2.75) is 30.4 Å². The van der Waals surface area contributed by atoms with E-state index < -0.39 is 11.2 Å². The first kappa shape index (κ1) is 19.0. The van der Waals surface area contributed by atoms with Crippen molar-refractivity contribution >= 4 is 23.6 Å². The van der Waals surface area contributed by atoms with E-state index in [-0.39, 0.29) is 11.7 Å². The number of hydrogen-bond acceptors (Lipinski definition) is 3. The van der Waals surface area contributed by atoms with Crippen molar-refractivity contribution in [3.8, 4) is 0 Å². The van der Waals surface area contributed by atoms with Gasteiger partial charge in [0.2, 0.25) is 0 Å². The summed E-state index contributed by atoms with van der Waals surface area (Å²) >= 11 is 1.14. The number of carbonyl (C=O) groups is 2. The number of aryl methyl sites for hydroxylation is 1. The zero-order chi connectivity index (χ0) is 18.4. The minimum absolute atomic E-state index is 0.250. The van der Waals surface area contributed by atoms with Gasteiger partial charge in [0.1, 0.15) is 11.1 Å². The van der Waals surface area contributed by atoms with Gasteiger partial charge in [-0.25, -0.2) is 4.39 Å². The lowest BCUT2D eigenvalue weighted by Crippen LogP contribution is -2.26. The summed E-state index contributed by atoms with van der Waals surface area (Å²) in [4.78, 5) is 24.1. The molecular weight excluding hydrogens is 341 g/mol. The third-order valence-corrected chi connectivity index (χ3v) is 4.93. The Morgan fingerprint density at radius 2 is 1.96 bits per heavy atom. The van der Waals surface area contributed by atoms with E-state index in [9.17, 15) is 14.0 Å². The summed E-state index contributed by atoms with van der Waals surface area (Å²) in [6, 6.07) is 11.5. The van der Waals surface area contributed by atoms with Gasteiger partial charge in [0.25, 0.3) is 5.91 Å². The number of aliphatic carboxylic acids is 1. The van der Waals surface area contributed by atoms with Gasteiger partial charge in [-0.3, -0.25) is 9.59 Å². The number of halogens is 1. The van der Waals surface area contributed by atoms with Crippen molar-refractivity contribution in [2.24, 2.45) is 0 Å². The number of rotatable bonds is 7. The summed E-state index contributed by atoms with van der Waals surface area (Å²) in [6.07, 6.45) is 0.596. The van der Waals surface area contributed by atoms with E-state index in [1.807, 2.05) is 6.92 Å². The van der Waals surface area contributed by atoms with Crippen molar-refractivity contribution in [1.82, 2.24) is 5.32 Å². The Morgan fingerprint density at radius 3 is 2.64 bits per heavy atom. The maximum atomic E-state index is 13.1. The number of amides is 1. The number of benzene rings is 2. The number of hydrogen-bond donors (Lipinski definition) is 2. The molecule has 0 spiro atoms. The second kappa shape index (κ2) is 8.67. The lowest BCUT2D eigenvalue weighted by Gasteiger charge is -2.12. The average Bonchev–Trinajstić information content (AvgIpc) is 2.57. The van der Waals surface area contributed by atoms with Crippen molar-refractivity contribution in [3.63, 3.8) is 0 Å². The van der Waals surface area contributed by atoms with Crippen LogP contribution in [0.15, 0.2) is 47.4 Å². The highest BCUT2D eigenvalue weighted by Crippen LogP contribution is 2.27. The maximum Gasteiger partial charge on any atom is 0.316 e. The second-order valence-electron chi connectivity index (χ2n) is 5.67. The van der Waals surface area contributed by atoms with E-state index in [0.717, 1.165) is 22.9 Å². The minimum Gasteiger partial charge on any atom is -0.480 e. The van der Waals surface area contributed by atoms with E-state index in [1.165, 1.54) is 12.1 Å². The number of carboxylic acids is 1. The molecule has 0 heterocycles. The molecule has 2 aromatic carbocycles. The molecular formula is C19H20FNO3S. The number of carboxylic acid groups (broad SMARTS) is 1. The molecule has 2 aromatic rings. The lowest BCUT2D eigenvalue weighted by molar-refractivity contribution is -0.136. The van der Waals surface area contributed by atoms with Gasteiger partial charge < -0.3 is 10.4 Å². The van der Waals surface area contributed by atoms with Gasteiger partial charge in [0.15, 0.2) is 0 Å². The Hall–Kier alpha value is -2.34. The predicted octanol–water partition coefficient (Wildman–Crippen LogP) is 3.67. The van der Waals surface area contributed by atoms with Gasteiger partial charge in [0.05, 0.1) is 5.56 Å². The molecule has 2 N–H and O–H groups in total. The molecule has 25 heavy (non-hydrogen) atoms. The first-order valence-electron chi connectivity index (χ1n) is 7.90. The number of nitrogens with one attached hydrogen (secondary N) is 1. The van der Waals surface area contributed by atoms with Crippen LogP contribution in [0.3, 0.4) is 0 Å². The predicted molar refractivity (Wildman–Crippen MR) is 96.6 cm³/mol. The van der Waals surface area contributed by atoms with Gasteiger partial charge in [-0.2, -0.15) is 0 Å². The highest BCUT2D eigenvalue weighted by molar-refractivity contribution is 8.00. The molecule has 4 nitrogen and oxygen atoms in total. The van der Waals surface area contributed by atoms with Gasteiger partial charge in [-0.05, 0) is 55.7 Å². The van der Waals surface area contributed by atoms with Gasteiger partial charge in [-0.15, -0.1) is 11.8 Å². The van der Waals surface area contributed by atoms with E-state index in [0.29, 0.717) is 23.4 Å². The van der Waals surface area contributed by atoms with E-state index in [4.69, 9.17) is 5.11 Å². The zero-order valence-electron chi connectivity index (χ0n) is 14.1. The van der Waals surface area contributed by atoms with Crippen LogP contribution < -0.4 is 5.32 Å². The molecule has 0 fully saturated rings. The highest BCUT2D eigenvalue weighted by atomic mass is 32.2. The van der Waals surface area contributed by atoms with Gasteiger partial charge >= 0.3 is 5.97 Å². The molecule has 0 bridgehead atoms. The van der Waals surface area contributed by atoms with Crippen LogP contribution in [0.2, 0.25) is 0 Å². The first-order chi connectivity index (χ1) is 11.9. The summed E-state index contributed by atoms with van der Waals surface area (Å²) in [5, 5.41) is 11.2. The SMILES string of the molecule is Cc1cc(F)ccc1CCNC(=O)c1ccccc1SC(C)C(=O)O. The van der Waals surface area contributed by atoms with Crippen LogP contribution in [0.1, 0.15) is 28.4 Å². The molecule has 1 amide bonds. The van der Waals surface area contributed by atoms with Crippen LogP contribution in [-0.4, -0.2) is 28.8 Å². The Balaban J connectivity index is 2.00. The van der Waals surface area contributed by atoms with Crippen LogP contribution in [0, 0.1) is 12.7 Å². The first-order valence-corrected chi connectivity index (χ1v) is 8.78.